The fourth-order valence-electron chi connectivity index (χ4n) is 1.30. The number of hydrogen-bond donors (Lipinski definition) is 2. The third-order valence-corrected chi connectivity index (χ3v) is 2.85. The van der Waals surface area contributed by atoms with Crippen molar-refractivity contribution >= 4 is 5.95 Å². The van der Waals surface area contributed by atoms with Gasteiger partial charge in [0.2, 0.25) is 11.8 Å². The smallest absolute Gasteiger partial charge is 0.226 e. The highest BCUT2D eigenvalue weighted by Crippen LogP contribution is 2.13. The molecule has 0 saturated carbocycles. The lowest BCUT2D eigenvalue weighted by atomic mass is 9.94. The lowest BCUT2D eigenvalue weighted by Crippen LogP contribution is -2.45. The van der Waals surface area contributed by atoms with Gasteiger partial charge in [0.1, 0.15) is 0 Å². The number of methoxy groups -OCH3 is 1. The van der Waals surface area contributed by atoms with Crippen LogP contribution in [0.4, 0.5) is 5.95 Å². The molecule has 1 rings (SSSR count). The normalized spacial score (nSPS) is 11.2. The summed E-state index contributed by atoms with van der Waals surface area (Å²) in [5, 5.41) is 3.13. The second-order valence-electron chi connectivity index (χ2n) is 3.85. The van der Waals surface area contributed by atoms with Crippen LogP contribution in [0.3, 0.4) is 0 Å². The number of nitrogens with one attached hydrogen (secondary N) is 1. The molecule has 0 aromatic carbocycles. The van der Waals surface area contributed by atoms with Crippen molar-refractivity contribution in [2.24, 2.45) is 5.73 Å². The van der Waals surface area contributed by atoms with Gasteiger partial charge in [0.25, 0.3) is 0 Å². The van der Waals surface area contributed by atoms with Crippen molar-refractivity contribution in [3.05, 3.63) is 12.3 Å². The molecule has 0 fully saturated rings. The highest BCUT2D eigenvalue weighted by atomic mass is 16.5. The van der Waals surface area contributed by atoms with Crippen LogP contribution in [0.15, 0.2) is 12.3 Å². The van der Waals surface area contributed by atoms with E-state index < -0.39 is 0 Å². The van der Waals surface area contributed by atoms with Gasteiger partial charge in [0, 0.05) is 24.3 Å². The molecule has 1 heterocycles. The maximum atomic E-state index is 6.17. The Morgan fingerprint density at radius 3 is 2.69 bits per heavy atom. The van der Waals surface area contributed by atoms with Gasteiger partial charge >= 0.3 is 0 Å². The van der Waals surface area contributed by atoms with E-state index in [2.05, 4.69) is 29.1 Å². The molecule has 3 N–H and O–H groups in total. The number of anilines is 1. The van der Waals surface area contributed by atoms with Crippen molar-refractivity contribution in [3.63, 3.8) is 0 Å². The first-order chi connectivity index (χ1) is 7.63. The number of hydrogen-bond acceptors (Lipinski definition) is 5. The van der Waals surface area contributed by atoms with Crippen LogP contribution in [0.25, 0.3) is 0 Å². The molecule has 0 spiro atoms. The van der Waals surface area contributed by atoms with Crippen molar-refractivity contribution in [2.45, 2.75) is 32.2 Å². The van der Waals surface area contributed by atoms with Crippen LogP contribution in [-0.2, 0) is 0 Å². The average molecular weight is 224 g/mol. The molecule has 1 aromatic rings. The highest BCUT2D eigenvalue weighted by molar-refractivity contribution is 5.28. The molecule has 0 unspecified atom stereocenters. The van der Waals surface area contributed by atoms with E-state index in [1.807, 2.05) is 0 Å². The molecule has 0 aliphatic heterocycles. The molecule has 0 saturated heterocycles. The largest absolute Gasteiger partial charge is 0.481 e. The summed E-state index contributed by atoms with van der Waals surface area (Å²) in [6.07, 6.45) is 3.49. The molecule has 0 aliphatic rings. The predicted octanol–water partition coefficient (Wildman–Crippen LogP) is 1.41. The minimum atomic E-state index is -0.202. The molecule has 0 aliphatic carbocycles. The van der Waals surface area contributed by atoms with Gasteiger partial charge in [-0.1, -0.05) is 13.8 Å². The summed E-state index contributed by atoms with van der Waals surface area (Å²) in [6, 6.07) is 1.71. The van der Waals surface area contributed by atoms with Crippen LogP contribution in [0, 0.1) is 0 Å². The molecule has 16 heavy (non-hydrogen) atoms. The molecule has 0 radical (unpaired) electrons. The van der Waals surface area contributed by atoms with Crippen molar-refractivity contribution in [1.82, 2.24) is 9.97 Å². The van der Waals surface area contributed by atoms with Gasteiger partial charge < -0.3 is 15.8 Å². The van der Waals surface area contributed by atoms with Gasteiger partial charge in [-0.15, -0.1) is 0 Å². The van der Waals surface area contributed by atoms with E-state index in [9.17, 15) is 0 Å². The minimum absolute atomic E-state index is 0.202. The summed E-state index contributed by atoms with van der Waals surface area (Å²) in [7, 11) is 1.58. The Kier molecular flexibility index (Phi) is 4.49. The Bertz CT molecular complexity index is 326. The fourth-order valence-corrected chi connectivity index (χ4v) is 1.30. The van der Waals surface area contributed by atoms with Crippen molar-refractivity contribution in [2.75, 3.05) is 19.0 Å². The van der Waals surface area contributed by atoms with Gasteiger partial charge in [0.15, 0.2) is 0 Å². The van der Waals surface area contributed by atoms with Gasteiger partial charge in [-0.2, -0.15) is 4.98 Å². The van der Waals surface area contributed by atoms with Crippen LogP contribution in [0.5, 0.6) is 5.88 Å². The summed E-state index contributed by atoms with van der Waals surface area (Å²) in [6.45, 7) is 4.82. The van der Waals surface area contributed by atoms with E-state index in [1.54, 1.807) is 19.4 Å². The number of nitrogens with two attached hydrogens (primary N) is 1. The zero-order chi connectivity index (χ0) is 12.0. The van der Waals surface area contributed by atoms with Crippen LogP contribution >= 0.6 is 0 Å². The second-order valence-corrected chi connectivity index (χ2v) is 3.85. The van der Waals surface area contributed by atoms with E-state index in [0.717, 1.165) is 12.8 Å². The monoisotopic (exact) mass is 224 g/mol. The molecular formula is C11H20N4O. The predicted molar refractivity (Wildman–Crippen MR) is 64.6 cm³/mol. The van der Waals surface area contributed by atoms with Gasteiger partial charge in [-0.05, 0) is 12.8 Å². The molecular weight excluding hydrogens is 204 g/mol. The first-order valence-electron chi connectivity index (χ1n) is 5.53. The lowest BCUT2D eigenvalue weighted by molar-refractivity contribution is 0.395. The minimum Gasteiger partial charge on any atom is -0.481 e. The molecule has 90 valence electrons. The van der Waals surface area contributed by atoms with E-state index in [-0.39, 0.29) is 5.54 Å². The topological polar surface area (TPSA) is 73.1 Å². The molecule has 1 aromatic heterocycles. The maximum Gasteiger partial charge on any atom is 0.226 e. The van der Waals surface area contributed by atoms with Crippen LogP contribution in [0.1, 0.15) is 26.7 Å². The lowest BCUT2D eigenvalue weighted by Gasteiger charge is -2.26. The first kappa shape index (κ1) is 12.7. The third-order valence-electron chi connectivity index (χ3n) is 2.85. The van der Waals surface area contributed by atoms with Crippen molar-refractivity contribution in [3.8, 4) is 5.88 Å². The molecule has 5 heteroatoms. The van der Waals surface area contributed by atoms with Gasteiger partial charge in [0.05, 0.1) is 7.11 Å². The van der Waals surface area contributed by atoms with Gasteiger partial charge in [-0.25, -0.2) is 4.98 Å². The van der Waals surface area contributed by atoms with Crippen LogP contribution < -0.4 is 15.8 Å². The molecule has 0 bridgehead atoms. The maximum absolute atomic E-state index is 6.17. The summed E-state index contributed by atoms with van der Waals surface area (Å²) in [5.41, 5.74) is 5.96. The molecule has 5 nitrogen and oxygen atoms in total. The number of rotatable bonds is 6. The Morgan fingerprint density at radius 2 is 2.12 bits per heavy atom. The Balaban J connectivity index is 2.60. The van der Waals surface area contributed by atoms with Crippen molar-refractivity contribution < 1.29 is 4.74 Å². The quantitative estimate of drug-likeness (QED) is 0.764. The Hall–Kier alpha value is -1.36. The zero-order valence-corrected chi connectivity index (χ0v) is 10.2. The second kappa shape index (κ2) is 5.65. The van der Waals surface area contributed by atoms with E-state index in [4.69, 9.17) is 10.5 Å². The van der Waals surface area contributed by atoms with E-state index in [0.29, 0.717) is 18.4 Å². The standard InChI is InChI=1S/C11H20N4O/c1-4-11(12,5-2)8-14-10-13-7-6-9(15-10)16-3/h6-7H,4-5,8,12H2,1-3H3,(H,13,14,15). The number of aromatic nitrogens is 2. The van der Waals surface area contributed by atoms with Crippen molar-refractivity contribution in [1.29, 1.82) is 0 Å². The average Bonchev–Trinajstić information content (AvgIpc) is 2.36. The molecule has 0 atom stereocenters. The van der Waals surface area contributed by atoms with E-state index in [1.165, 1.54) is 0 Å². The summed E-state index contributed by atoms with van der Waals surface area (Å²) >= 11 is 0. The van der Waals surface area contributed by atoms with Crippen LogP contribution in [-0.4, -0.2) is 29.2 Å². The summed E-state index contributed by atoms with van der Waals surface area (Å²) in [5.74, 6) is 1.10. The van der Waals surface area contributed by atoms with Crippen LogP contribution in [0.2, 0.25) is 0 Å². The SMILES string of the molecule is CCC(N)(CC)CNc1nccc(OC)n1. The summed E-state index contributed by atoms with van der Waals surface area (Å²) < 4.78 is 5.02. The number of ether oxygens (including phenoxy) is 1. The fraction of sp³-hybridized carbons (Fsp3) is 0.636. The highest BCUT2D eigenvalue weighted by Gasteiger charge is 2.20. The molecule has 0 amide bonds. The van der Waals surface area contributed by atoms with E-state index >= 15 is 0 Å². The van der Waals surface area contributed by atoms with Gasteiger partial charge in [-0.3, -0.25) is 0 Å². The first-order valence-corrected chi connectivity index (χ1v) is 5.53. The number of nitrogens with zero attached hydrogens (tertiary/aromatic N) is 2. The third kappa shape index (κ3) is 3.34. The Labute approximate surface area is 96.4 Å². The summed E-state index contributed by atoms with van der Waals surface area (Å²) in [4.78, 5) is 8.26. The zero-order valence-electron chi connectivity index (χ0n) is 10.2. The Morgan fingerprint density at radius 1 is 1.44 bits per heavy atom.